The standard InChI is InChI=1S/C38H41F7N6O3/c1-22(2)50-12-10-49(11-13-50)14-15-54-31-7-6-29(21-30(31)39)47-35-46-9-8-32(48-35)51(36(52)53)34(33-24(4)16-23(3)17-25(33)5)26-18-27(37(40,41)42)20-28(19-26)38(43,44)45/h6-9,16-22,34H,10-15H2,1-5H3,(H,52,53)(H,46,47,48). The summed E-state index contributed by atoms with van der Waals surface area (Å²) in [6.07, 6.45) is -10.9. The molecule has 2 N–H and O–H groups in total. The molecule has 9 nitrogen and oxygen atoms in total. The second kappa shape index (κ2) is 16.2. The lowest BCUT2D eigenvalue weighted by Gasteiger charge is -2.36. The molecule has 1 aliphatic heterocycles. The first kappa shape index (κ1) is 40.2. The minimum atomic E-state index is -5.18. The SMILES string of the molecule is Cc1cc(C)c(C(c2cc(C(F)(F)F)cc(C(F)(F)F)c2)N(C(=O)O)c2ccnc(Nc3ccc(OCCN4CCN(C(C)C)CC4)c(F)c3)n2)c(C)c1. The van der Waals surface area contributed by atoms with Gasteiger partial charge in [-0.2, -0.15) is 31.3 Å². The van der Waals surface area contributed by atoms with Crippen LogP contribution in [0.5, 0.6) is 5.75 Å². The fourth-order valence-corrected chi connectivity index (χ4v) is 6.70. The highest BCUT2D eigenvalue weighted by Crippen LogP contribution is 2.42. The van der Waals surface area contributed by atoms with Gasteiger partial charge in [0.2, 0.25) is 5.95 Å². The molecule has 16 heteroatoms. The highest BCUT2D eigenvalue weighted by molar-refractivity contribution is 5.87. The highest BCUT2D eigenvalue weighted by atomic mass is 19.4. The number of nitrogens with one attached hydrogen (secondary N) is 1. The Bertz CT molecular complexity index is 1910. The monoisotopic (exact) mass is 762 g/mol. The van der Waals surface area contributed by atoms with E-state index >= 15 is 4.39 Å². The summed E-state index contributed by atoms with van der Waals surface area (Å²) in [7, 11) is 0. The van der Waals surface area contributed by atoms with E-state index in [1.165, 1.54) is 12.1 Å². The largest absolute Gasteiger partial charge is 0.489 e. The van der Waals surface area contributed by atoms with E-state index in [2.05, 4.69) is 38.9 Å². The van der Waals surface area contributed by atoms with Crippen molar-refractivity contribution >= 4 is 23.5 Å². The summed E-state index contributed by atoms with van der Waals surface area (Å²) in [6.45, 7) is 13.8. The van der Waals surface area contributed by atoms with Crippen LogP contribution in [-0.4, -0.2) is 76.3 Å². The molecule has 1 saturated heterocycles. The van der Waals surface area contributed by atoms with Gasteiger partial charge in [0.15, 0.2) is 11.6 Å². The normalized spacial score (nSPS) is 15.0. The molecule has 1 aromatic heterocycles. The zero-order valence-electron chi connectivity index (χ0n) is 30.3. The van der Waals surface area contributed by atoms with Gasteiger partial charge in [0.05, 0.1) is 17.2 Å². The van der Waals surface area contributed by atoms with Gasteiger partial charge in [-0.1, -0.05) is 17.7 Å². The van der Waals surface area contributed by atoms with Crippen LogP contribution in [0, 0.1) is 26.6 Å². The summed E-state index contributed by atoms with van der Waals surface area (Å²) in [5.41, 5.74) is -1.87. The maximum Gasteiger partial charge on any atom is 0.416 e. The van der Waals surface area contributed by atoms with Crippen molar-refractivity contribution in [1.82, 2.24) is 19.8 Å². The van der Waals surface area contributed by atoms with Crippen LogP contribution in [-0.2, 0) is 12.4 Å². The molecule has 0 spiro atoms. The van der Waals surface area contributed by atoms with Crippen LogP contribution >= 0.6 is 0 Å². The third-order valence-electron chi connectivity index (χ3n) is 9.28. The van der Waals surface area contributed by atoms with Crippen LogP contribution in [0.3, 0.4) is 0 Å². The number of halogens is 7. The Hall–Kier alpha value is -4.96. The molecule has 1 fully saturated rings. The lowest BCUT2D eigenvalue weighted by atomic mass is 9.87. The van der Waals surface area contributed by atoms with Gasteiger partial charge in [0, 0.05) is 56.7 Å². The molecule has 54 heavy (non-hydrogen) atoms. The van der Waals surface area contributed by atoms with Crippen molar-refractivity contribution in [3.63, 3.8) is 0 Å². The number of aromatic nitrogens is 2. The molecule has 1 amide bonds. The number of alkyl halides is 6. The number of nitrogens with zero attached hydrogens (tertiary/aromatic N) is 5. The molecule has 0 saturated carbocycles. The molecule has 2 heterocycles. The van der Waals surface area contributed by atoms with Crippen molar-refractivity contribution in [3.8, 4) is 5.75 Å². The average molecular weight is 763 g/mol. The van der Waals surface area contributed by atoms with Crippen molar-refractivity contribution in [2.45, 2.75) is 59.1 Å². The van der Waals surface area contributed by atoms with Gasteiger partial charge in [-0.15, -0.1) is 0 Å². The Balaban J connectivity index is 1.45. The molecule has 5 rings (SSSR count). The molecule has 1 atom stereocenters. The number of anilines is 3. The Kier molecular flexibility index (Phi) is 12.1. The predicted molar refractivity (Wildman–Crippen MR) is 190 cm³/mol. The summed E-state index contributed by atoms with van der Waals surface area (Å²) in [6, 6.07) is 8.24. The van der Waals surface area contributed by atoms with Gasteiger partial charge < -0.3 is 15.2 Å². The first-order chi connectivity index (χ1) is 25.3. The van der Waals surface area contributed by atoms with E-state index in [4.69, 9.17) is 4.74 Å². The van der Waals surface area contributed by atoms with E-state index in [9.17, 15) is 36.2 Å². The van der Waals surface area contributed by atoms with E-state index in [0.717, 1.165) is 50.1 Å². The Labute approximate surface area is 308 Å². The predicted octanol–water partition coefficient (Wildman–Crippen LogP) is 9.00. The zero-order chi connectivity index (χ0) is 39.5. The summed E-state index contributed by atoms with van der Waals surface area (Å²) >= 11 is 0. The van der Waals surface area contributed by atoms with Crippen molar-refractivity contribution in [3.05, 3.63) is 106 Å². The molecule has 0 radical (unpaired) electrons. The second-order valence-electron chi connectivity index (χ2n) is 13.5. The van der Waals surface area contributed by atoms with Crippen LogP contribution < -0.4 is 15.0 Å². The van der Waals surface area contributed by atoms with Crippen LogP contribution in [0.1, 0.15) is 58.8 Å². The van der Waals surface area contributed by atoms with E-state index in [1.807, 2.05) is 0 Å². The van der Waals surface area contributed by atoms with Gasteiger partial charge in [-0.05, 0) is 93.3 Å². The fourth-order valence-electron chi connectivity index (χ4n) is 6.70. The van der Waals surface area contributed by atoms with E-state index < -0.39 is 47.0 Å². The van der Waals surface area contributed by atoms with E-state index in [-0.39, 0.29) is 41.4 Å². The topological polar surface area (TPSA) is 94.1 Å². The van der Waals surface area contributed by atoms with Gasteiger partial charge in [0.1, 0.15) is 12.4 Å². The zero-order valence-corrected chi connectivity index (χ0v) is 30.3. The molecule has 0 bridgehead atoms. The lowest BCUT2D eigenvalue weighted by Crippen LogP contribution is -2.49. The molecule has 3 aromatic carbocycles. The Morgan fingerprint density at radius 2 is 1.52 bits per heavy atom. The fraction of sp³-hybridized carbons (Fsp3) is 0.395. The van der Waals surface area contributed by atoms with E-state index in [1.54, 1.807) is 32.9 Å². The lowest BCUT2D eigenvalue weighted by molar-refractivity contribution is -0.143. The van der Waals surface area contributed by atoms with E-state index in [0.29, 0.717) is 40.7 Å². The Morgan fingerprint density at radius 1 is 0.907 bits per heavy atom. The maximum atomic E-state index is 15.1. The third-order valence-corrected chi connectivity index (χ3v) is 9.28. The first-order valence-electron chi connectivity index (χ1n) is 17.2. The first-order valence-corrected chi connectivity index (χ1v) is 17.2. The number of benzene rings is 3. The molecular weight excluding hydrogens is 721 g/mol. The van der Waals surface area contributed by atoms with Crippen molar-refractivity contribution in [2.75, 3.05) is 49.5 Å². The smallest absolute Gasteiger partial charge is 0.416 e. The van der Waals surface area contributed by atoms with Crippen molar-refractivity contribution in [1.29, 1.82) is 0 Å². The van der Waals surface area contributed by atoms with Gasteiger partial charge in [-0.25, -0.2) is 19.1 Å². The molecule has 4 aromatic rings. The van der Waals surface area contributed by atoms with Crippen molar-refractivity contribution in [2.24, 2.45) is 0 Å². The quantitative estimate of drug-likeness (QED) is 0.146. The number of aryl methyl sites for hydroxylation is 3. The summed E-state index contributed by atoms with van der Waals surface area (Å²) in [5.74, 6) is -1.27. The van der Waals surface area contributed by atoms with Crippen LogP contribution in [0.2, 0.25) is 0 Å². The van der Waals surface area contributed by atoms with Gasteiger partial charge in [-0.3, -0.25) is 9.80 Å². The summed E-state index contributed by atoms with van der Waals surface area (Å²) in [5, 5.41) is 13.4. The molecule has 0 aliphatic carbocycles. The van der Waals surface area contributed by atoms with Crippen LogP contribution in [0.4, 0.5) is 53.0 Å². The number of hydrogen-bond acceptors (Lipinski definition) is 7. The minimum absolute atomic E-state index is 0.0130. The number of rotatable bonds is 11. The maximum absolute atomic E-state index is 15.1. The van der Waals surface area contributed by atoms with Crippen LogP contribution in [0.15, 0.2) is 60.8 Å². The number of piperazine rings is 1. The number of carbonyl (C=O) groups is 1. The third kappa shape index (κ3) is 9.58. The number of hydrogen-bond donors (Lipinski definition) is 2. The molecule has 290 valence electrons. The number of ether oxygens (including phenoxy) is 1. The number of amides is 1. The molecular formula is C38H41F7N6O3. The van der Waals surface area contributed by atoms with Gasteiger partial charge in [0.25, 0.3) is 0 Å². The molecule has 1 unspecified atom stereocenters. The number of carboxylic acid groups (broad SMARTS) is 1. The summed E-state index contributed by atoms with van der Waals surface area (Å²) < 4.78 is 105. The second-order valence-corrected chi connectivity index (χ2v) is 13.5. The summed E-state index contributed by atoms with van der Waals surface area (Å²) in [4.78, 5) is 26.6. The average Bonchev–Trinajstić information content (AvgIpc) is 3.07. The Morgan fingerprint density at radius 3 is 2.06 bits per heavy atom. The molecule has 1 aliphatic rings. The van der Waals surface area contributed by atoms with Crippen molar-refractivity contribution < 1.29 is 45.4 Å². The minimum Gasteiger partial charge on any atom is -0.489 e. The van der Waals surface area contributed by atoms with Gasteiger partial charge >= 0.3 is 18.4 Å². The highest BCUT2D eigenvalue weighted by Gasteiger charge is 2.40. The van der Waals surface area contributed by atoms with Crippen LogP contribution in [0.25, 0.3) is 0 Å².